The fraction of sp³-hybridized carbons (Fsp3) is 0.333. The Kier molecular flexibility index (Phi) is 4.63. The van der Waals surface area contributed by atoms with Crippen molar-refractivity contribution in [3.05, 3.63) is 31.4 Å². The van der Waals surface area contributed by atoms with Gasteiger partial charge in [0.25, 0.3) is 0 Å². The van der Waals surface area contributed by atoms with Crippen LogP contribution in [0.3, 0.4) is 0 Å². The number of nitrogens with zero attached hydrogens (tertiary/aromatic N) is 4. The van der Waals surface area contributed by atoms with Gasteiger partial charge < -0.3 is 19.6 Å². The lowest BCUT2D eigenvalue weighted by Gasteiger charge is -2.15. The topological polar surface area (TPSA) is 109 Å². The lowest BCUT2D eigenvalue weighted by Crippen LogP contribution is -2.29. The number of hydrogen-bond acceptors (Lipinski definition) is 5. The first-order valence-electron chi connectivity index (χ1n) is 8.20. The number of rotatable bonds is 6. The number of ether oxygens (including phenoxy) is 1. The summed E-state index contributed by atoms with van der Waals surface area (Å²) < 4.78 is 6.96. The number of nitriles is 1. The van der Waals surface area contributed by atoms with Gasteiger partial charge in [0.15, 0.2) is 0 Å². The molecular weight excluding hydrogens is 332 g/mol. The van der Waals surface area contributed by atoms with Gasteiger partial charge >= 0.3 is 6.09 Å². The first-order chi connectivity index (χ1) is 12.4. The van der Waals surface area contributed by atoms with Crippen molar-refractivity contribution < 1.29 is 9.53 Å². The molecule has 0 aliphatic rings. The normalized spacial score (nSPS) is 11.4. The first-order valence-corrected chi connectivity index (χ1v) is 8.20. The average molecular weight is 352 g/mol. The van der Waals surface area contributed by atoms with E-state index in [1.807, 2.05) is 16.8 Å². The van der Waals surface area contributed by atoms with Crippen LogP contribution >= 0.6 is 0 Å². The highest BCUT2D eigenvalue weighted by Gasteiger charge is 2.19. The monoisotopic (exact) mass is 352 g/mol. The van der Waals surface area contributed by atoms with Gasteiger partial charge in [0, 0.05) is 30.2 Å². The van der Waals surface area contributed by atoms with Crippen molar-refractivity contribution in [3.63, 3.8) is 0 Å². The second kappa shape index (κ2) is 6.88. The van der Waals surface area contributed by atoms with Gasteiger partial charge in [0.1, 0.15) is 24.1 Å². The Morgan fingerprint density at radius 2 is 2.31 bits per heavy atom. The number of amides is 1. The molecule has 8 nitrogen and oxygen atoms in total. The lowest BCUT2D eigenvalue weighted by atomic mass is 9.98. The van der Waals surface area contributed by atoms with Gasteiger partial charge in [0.05, 0.1) is 23.2 Å². The van der Waals surface area contributed by atoms with Crippen molar-refractivity contribution in [2.24, 2.45) is 5.41 Å². The maximum absolute atomic E-state index is 11.7. The summed E-state index contributed by atoms with van der Waals surface area (Å²) in [6.45, 7) is 7.92. The fourth-order valence-corrected chi connectivity index (χ4v) is 2.51. The van der Waals surface area contributed by atoms with Gasteiger partial charge in [0.2, 0.25) is 0 Å². The molecule has 2 N–H and O–H groups in total. The molecule has 0 saturated carbocycles. The Bertz CT molecular complexity index is 1010. The van der Waals surface area contributed by atoms with Crippen molar-refractivity contribution in [2.45, 2.75) is 20.3 Å². The molecule has 0 bridgehead atoms. The van der Waals surface area contributed by atoms with Gasteiger partial charge in [-0.05, 0) is 19.9 Å². The van der Waals surface area contributed by atoms with Crippen LogP contribution in [0.2, 0.25) is 0 Å². The summed E-state index contributed by atoms with van der Waals surface area (Å²) in [6, 6.07) is 4.03. The zero-order valence-electron chi connectivity index (χ0n) is 14.7. The van der Waals surface area contributed by atoms with E-state index < -0.39 is 11.5 Å². The molecule has 1 amide bonds. The predicted octanol–water partition coefficient (Wildman–Crippen LogP) is 3.05. The van der Waals surface area contributed by atoms with Crippen molar-refractivity contribution in [3.8, 4) is 6.07 Å². The molecule has 3 aromatic rings. The van der Waals surface area contributed by atoms with E-state index in [0.29, 0.717) is 13.0 Å². The second-order valence-corrected chi connectivity index (χ2v) is 6.66. The third-order valence-corrected chi connectivity index (χ3v) is 3.98. The Balaban J connectivity index is 1.61. The summed E-state index contributed by atoms with van der Waals surface area (Å²) in [5, 5.41) is 12.6. The summed E-state index contributed by atoms with van der Waals surface area (Å²) in [5.41, 5.74) is 2.59. The van der Waals surface area contributed by atoms with Crippen molar-refractivity contribution in [1.82, 2.24) is 24.8 Å². The number of fused-ring (bicyclic) bond motifs is 3. The number of carbonyl (C=O) groups is 1. The number of imidazole rings is 1. The molecule has 0 atom stereocenters. The van der Waals surface area contributed by atoms with Gasteiger partial charge in [-0.2, -0.15) is 5.26 Å². The van der Waals surface area contributed by atoms with Crippen LogP contribution in [0.25, 0.3) is 27.8 Å². The van der Waals surface area contributed by atoms with Crippen LogP contribution in [0.4, 0.5) is 4.79 Å². The molecule has 26 heavy (non-hydrogen) atoms. The maximum atomic E-state index is 11.7. The molecule has 0 aliphatic carbocycles. The Labute approximate surface area is 150 Å². The smallest absolute Gasteiger partial charge is 0.407 e. The van der Waals surface area contributed by atoms with E-state index in [1.54, 1.807) is 26.4 Å². The predicted molar refractivity (Wildman–Crippen MR) is 98.1 cm³/mol. The molecule has 134 valence electrons. The number of nitrogens with one attached hydrogen (secondary N) is 2. The van der Waals surface area contributed by atoms with Gasteiger partial charge in [-0.15, -0.1) is 0 Å². The zero-order chi connectivity index (χ0) is 18.7. The molecule has 0 aromatic carbocycles. The Morgan fingerprint density at radius 1 is 1.50 bits per heavy atom. The SMILES string of the molecule is C=C(CCNC(=O)OCC(C)(C)C#N)n1cnc2cnc3[nH]ccc3c21. The number of hydrogen-bond donors (Lipinski definition) is 2. The molecule has 8 heteroatoms. The van der Waals surface area contributed by atoms with Crippen molar-refractivity contribution in [2.75, 3.05) is 13.2 Å². The quantitative estimate of drug-likeness (QED) is 0.709. The number of aromatic amines is 1. The minimum atomic E-state index is -0.702. The van der Waals surface area contributed by atoms with Gasteiger partial charge in [-0.25, -0.2) is 14.8 Å². The largest absolute Gasteiger partial charge is 0.448 e. The Hall–Kier alpha value is -3.34. The third-order valence-electron chi connectivity index (χ3n) is 3.98. The first kappa shape index (κ1) is 17.5. The molecule has 3 rings (SSSR count). The van der Waals surface area contributed by atoms with Crippen molar-refractivity contribution in [1.29, 1.82) is 5.26 Å². The molecule has 0 saturated heterocycles. The number of alkyl carbamates (subject to hydrolysis) is 1. The van der Waals surface area contributed by atoms with E-state index in [9.17, 15) is 4.79 Å². The molecule has 3 aromatic heterocycles. The highest BCUT2D eigenvalue weighted by molar-refractivity contribution is 6.02. The summed E-state index contributed by atoms with van der Waals surface area (Å²) >= 11 is 0. The number of H-pyrrole nitrogens is 1. The molecule has 3 heterocycles. The molecular formula is C18H20N6O2. The van der Waals surface area contributed by atoms with Crippen LogP contribution in [-0.2, 0) is 4.74 Å². The number of aromatic nitrogens is 4. The third kappa shape index (κ3) is 3.52. The lowest BCUT2D eigenvalue weighted by molar-refractivity contribution is 0.118. The average Bonchev–Trinajstić information content (AvgIpc) is 3.25. The van der Waals surface area contributed by atoms with Crippen LogP contribution < -0.4 is 5.32 Å². The number of pyridine rings is 1. The second-order valence-electron chi connectivity index (χ2n) is 6.66. The minimum absolute atomic E-state index is 0.0426. The van der Waals surface area contributed by atoms with Crippen LogP contribution in [0.5, 0.6) is 0 Å². The summed E-state index contributed by atoms with van der Waals surface area (Å²) in [4.78, 5) is 23.5. The van der Waals surface area contributed by atoms with Crippen LogP contribution in [0, 0.1) is 16.7 Å². The van der Waals surface area contributed by atoms with E-state index in [0.717, 1.165) is 27.8 Å². The van der Waals surface area contributed by atoms with E-state index >= 15 is 0 Å². The summed E-state index contributed by atoms with van der Waals surface area (Å²) in [5.74, 6) is 0. The maximum Gasteiger partial charge on any atom is 0.407 e. The molecule has 0 radical (unpaired) electrons. The molecule has 0 spiro atoms. The highest BCUT2D eigenvalue weighted by Crippen LogP contribution is 2.24. The zero-order valence-corrected chi connectivity index (χ0v) is 14.7. The van der Waals surface area contributed by atoms with Crippen molar-refractivity contribution >= 4 is 33.9 Å². The van der Waals surface area contributed by atoms with Crippen LogP contribution in [0.15, 0.2) is 31.4 Å². The molecule has 0 unspecified atom stereocenters. The Morgan fingerprint density at radius 3 is 3.08 bits per heavy atom. The van der Waals surface area contributed by atoms with E-state index in [4.69, 9.17) is 10.00 Å². The summed E-state index contributed by atoms with van der Waals surface area (Å²) in [7, 11) is 0. The van der Waals surface area contributed by atoms with E-state index in [-0.39, 0.29) is 6.61 Å². The highest BCUT2D eigenvalue weighted by atomic mass is 16.5. The van der Waals surface area contributed by atoms with Crippen LogP contribution in [-0.4, -0.2) is 38.8 Å². The summed E-state index contributed by atoms with van der Waals surface area (Å²) in [6.07, 6.45) is 5.22. The standard InChI is InChI=1S/C18H20N6O2/c1-12(4-6-21-17(25)26-10-18(2,3)9-19)24-11-23-14-8-22-16-13(15(14)24)5-7-20-16/h5,7-8,11H,1,4,6,10H2,2-3H3,(H,20,22)(H,21,25). The molecule has 0 aliphatic heterocycles. The van der Waals surface area contributed by atoms with Crippen LogP contribution in [0.1, 0.15) is 20.3 Å². The van der Waals surface area contributed by atoms with Gasteiger partial charge in [-0.1, -0.05) is 6.58 Å². The van der Waals surface area contributed by atoms with E-state index in [2.05, 4.69) is 32.9 Å². The van der Waals surface area contributed by atoms with Gasteiger partial charge in [-0.3, -0.25) is 0 Å². The van der Waals surface area contributed by atoms with E-state index in [1.165, 1.54) is 0 Å². The molecule has 0 fully saturated rings. The fourth-order valence-electron chi connectivity index (χ4n) is 2.51. The minimum Gasteiger partial charge on any atom is -0.448 e. The number of carbonyl (C=O) groups excluding carboxylic acids is 1.